The van der Waals surface area contributed by atoms with Crippen molar-refractivity contribution in [1.29, 1.82) is 0 Å². The molecule has 0 spiro atoms. The Bertz CT molecular complexity index is 374. The van der Waals surface area contributed by atoms with Crippen molar-refractivity contribution in [2.45, 2.75) is 12.5 Å². The van der Waals surface area contributed by atoms with Gasteiger partial charge in [0.2, 0.25) is 0 Å². The SMILES string of the molecule is CN(C)CC1CC(=O)c2ccccc2O1. The van der Waals surface area contributed by atoms with E-state index in [-0.39, 0.29) is 11.9 Å². The highest BCUT2D eigenvalue weighted by Crippen LogP contribution is 2.27. The number of rotatable bonds is 2. The minimum atomic E-state index is -0.0117. The van der Waals surface area contributed by atoms with Crippen LogP contribution in [0.1, 0.15) is 16.8 Å². The lowest BCUT2D eigenvalue weighted by Crippen LogP contribution is -2.35. The normalized spacial score (nSPS) is 19.9. The molecule has 1 aliphatic heterocycles. The number of benzene rings is 1. The lowest BCUT2D eigenvalue weighted by atomic mass is 10.0. The molecule has 3 nitrogen and oxygen atoms in total. The maximum atomic E-state index is 11.8. The molecule has 0 amide bonds. The molecule has 3 heteroatoms. The molecule has 0 saturated heterocycles. The van der Waals surface area contributed by atoms with E-state index in [4.69, 9.17) is 4.74 Å². The van der Waals surface area contributed by atoms with E-state index >= 15 is 0 Å². The Balaban J connectivity index is 2.19. The molecule has 0 saturated carbocycles. The lowest BCUT2D eigenvalue weighted by molar-refractivity contribution is 0.0807. The molecule has 0 N–H and O–H groups in total. The highest BCUT2D eigenvalue weighted by molar-refractivity contribution is 5.99. The van der Waals surface area contributed by atoms with E-state index in [1.165, 1.54) is 0 Å². The van der Waals surface area contributed by atoms with Crippen LogP contribution in [0.25, 0.3) is 0 Å². The van der Waals surface area contributed by atoms with Gasteiger partial charge in [0, 0.05) is 13.0 Å². The zero-order chi connectivity index (χ0) is 10.8. The van der Waals surface area contributed by atoms with Crippen molar-refractivity contribution in [2.75, 3.05) is 20.6 Å². The molecule has 1 unspecified atom stereocenters. The lowest BCUT2D eigenvalue weighted by Gasteiger charge is -2.27. The summed E-state index contributed by atoms with van der Waals surface area (Å²) in [7, 11) is 3.96. The number of carbonyl (C=O) groups excluding carboxylic acids is 1. The highest BCUT2D eigenvalue weighted by Gasteiger charge is 2.25. The molecule has 1 aromatic carbocycles. The molecule has 1 heterocycles. The minimum Gasteiger partial charge on any atom is -0.488 e. The van der Waals surface area contributed by atoms with Crippen LogP contribution in [0.5, 0.6) is 5.75 Å². The van der Waals surface area contributed by atoms with Gasteiger partial charge in [0.1, 0.15) is 11.9 Å². The Morgan fingerprint density at radius 1 is 1.40 bits per heavy atom. The Morgan fingerprint density at radius 3 is 2.87 bits per heavy atom. The third kappa shape index (κ3) is 2.18. The second-order valence-electron chi connectivity index (χ2n) is 4.13. The van der Waals surface area contributed by atoms with Gasteiger partial charge in [0.15, 0.2) is 5.78 Å². The summed E-state index contributed by atoms with van der Waals surface area (Å²) in [5, 5.41) is 0. The average Bonchev–Trinajstić information content (AvgIpc) is 2.16. The molecule has 0 aliphatic carbocycles. The molecule has 15 heavy (non-hydrogen) atoms. The van der Waals surface area contributed by atoms with Crippen LogP contribution in [0.15, 0.2) is 24.3 Å². The van der Waals surface area contributed by atoms with E-state index in [0.29, 0.717) is 12.0 Å². The maximum absolute atomic E-state index is 11.8. The Morgan fingerprint density at radius 2 is 2.13 bits per heavy atom. The van der Waals surface area contributed by atoms with Crippen LogP contribution in [-0.4, -0.2) is 37.4 Å². The summed E-state index contributed by atoms with van der Waals surface area (Å²) in [6.45, 7) is 0.778. The molecule has 0 fully saturated rings. The summed E-state index contributed by atoms with van der Waals surface area (Å²) < 4.78 is 5.75. The molecule has 0 aromatic heterocycles. The fourth-order valence-corrected chi connectivity index (χ4v) is 1.85. The number of fused-ring (bicyclic) bond motifs is 1. The van der Waals surface area contributed by atoms with Crippen LogP contribution in [0.3, 0.4) is 0 Å². The zero-order valence-corrected chi connectivity index (χ0v) is 9.06. The van der Waals surface area contributed by atoms with E-state index in [9.17, 15) is 4.79 Å². The van der Waals surface area contributed by atoms with E-state index < -0.39 is 0 Å². The molecule has 1 aromatic rings. The Hall–Kier alpha value is -1.35. The van der Waals surface area contributed by atoms with Crippen molar-refractivity contribution in [2.24, 2.45) is 0 Å². The summed E-state index contributed by atoms with van der Waals surface area (Å²) in [5.41, 5.74) is 0.715. The second kappa shape index (κ2) is 4.03. The number of hydrogen-bond donors (Lipinski definition) is 0. The number of Topliss-reactive ketones (excluding diaryl/α,β-unsaturated/α-hetero) is 1. The van der Waals surface area contributed by atoms with Crippen LogP contribution in [-0.2, 0) is 0 Å². The van der Waals surface area contributed by atoms with Gasteiger partial charge in [-0.3, -0.25) is 4.79 Å². The van der Waals surface area contributed by atoms with Crippen LogP contribution in [0, 0.1) is 0 Å². The molecule has 0 bridgehead atoms. The van der Waals surface area contributed by atoms with Gasteiger partial charge in [-0.1, -0.05) is 12.1 Å². The van der Waals surface area contributed by atoms with Gasteiger partial charge in [0.05, 0.1) is 5.56 Å². The van der Waals surface area contributed by atoms with Crippen molar-refractivity contribution in [1.82, 2.24) is 4.90 Å². The van der Waals surface area contributed by atoms with Crippen molar-refractivity contribution in [3.8, 4) is 5.75 Å². The number of hydrogen-bond acceptors (Lipinski definition) is 3. The average molecular weight is 205 g/mol. The summed E-state index contributed by atoms with van der Waals surface area (Å²) in [5.74, 6) is 0.907. The molecule has 0 radical (unpaired) electrons. The number of ether oxygens (including phenoxy) is 1. The van der Waals surface area contributed by atoms with Gasteiger partial charge in [-0.25, -0.2) is 0 Å². The maximum Gasteiger partial charge on any atom is 0.170 e. The van der Waals surface area contributed by atoms with Crippen LogP contribution >= 0.6 is 0 Å². The summed E-state index contributed by atoms with van der Waals surface area (Å²) in [4.78, 5) is 13.8. The van der Waals surface area contributed by atoms with E-state index in [1.807, 2.05) is 43.3 Å². The summed E-state index contributed by atoms with van der Waals surface area (Å²) in [6, 6.07) is 7.44. The minimum absolute atomic E-state index is 0.0117. The first-order chi connectivity index (χ1) is 7.16. The van der Waals surface area contributed by atoms with E-state index in [1.54, 1.807) is 0 Å². The van der Waals surface area contributed by atoms with Crippen molar-refractivity contribution in [3.63, 3.8) is 0 Å². The van der Waals surface area contributed by atoms with Crippen molar-refractivity contribution < 1.29 is 9.53 Å². The number of para-hydroxylation sites is 1. The number of likely N-dealkylation sites (N-methyl/N-ethyl adjacent to an activating group) is 1. The molecule has 80 valence electrons. The smallest absolute Gasteiger partial charge is 0.170 e. The fourth-order valence-electron chi connectivity index (χ4n) is 1.85. The predicted molar refractivity (Wildman–Crippen MR) is 58.4 cm³/mol. The van der Waals surface area contributed by atoms with Gasteiger partial charge < -0.3 is 9.64 Å². The van der Waals surface area contributed by atoms with E-state index in [2.05, 4.69) is 0 Å². The fraction of sp³-hybridized carbons (Fsp3) is 0.417. The first kappa shape index (κ1) is 10.2. The van der Waals surface area contributed by atoms with Crippen LogP contribution in [0.4, 0.5) is 0 Å². The Labute approximate surface area is 89.7 Å². The molecule has 2 rings (SSSR count). The summed E-state index contributed by atoms with van der Waals surface area (Å²) in [6.07, 6.45) is 0.470. The predicted octanol–water partition coefficient (Wildman–Crippen LogP) is 1.58. The third-order valence-corrected chi connectivity index (χ3v) is 2.46. The monoisotopic (exact) mass is 205 g/mol. The van der Waals surface area contributed by atoms with Gasteiger partial charge >= 0.3 is 0 Å². The highest BCUT2D eigenvalue weighted by atomic mass is 16.5. The summed E-state index contributed by atoms with van der Waals surface area (Å²) >= 11 is 0. The first-order valence-corrected chi connectivity index (χ1v) is 5.10. The molecule has 1 aliphatic rings. The molecular formula is C12H15NO2. The van der Waals surface area contributed by atoms with E-state index in [0.717, 1.165) is 12.3 Å². The van der Waals surface area contributed by atoms with Gasteiger partial charge in [0.25, 0.3) is 0 Å². The number of ketones is 1. The molecular weight excluding hydrogens is 190 g/mol. The quantitative estimate of drug-likeness (QED) is 0.734. The number of carbonyl (C=O) groups is 1. The number of nitrogens with zero attached hydrogens (tertiary/aromatic N) is 1. The second-order valence-corrected chi connectivity index (χ2v) is 4.13. The van der Waals surface area contributed by atoms with Crippen LogP contribution < -0.4 is 4.74 Å². The van der Waals surface area contributed by atoms with Gasteiger partial charge in [-0.2, -0.15) is 0 Å². The zero-order valence-electron chi connectivity index (χ0n) is 9.06. The largest absolute Gasteiger partial charge is 0.488 e. The topological polar surface area (TPSA) is 29.5 Å². The van der Waals surface area contributed by atoms with Gasteiger partial charge in [-0.15, -0.1) is 0 Å². The Kier molecular flexibility index (Phi) is 2.73. The third-order valence-electron chi connectivity index (χ3n) is 2.46. The van der Waals surface area contributed by atoms with Crippen LogP contribution in [0.2, 0.25) is 0 Å². The standard InChI is InChI=1S/C12H15NO2/c1-13(2)8-9-7-11(14)10-5-3-4-6-12(10)15-9/h3-6,9H,7-8H2,1-2H3. The van der Waals surface area contributed by atoms with Crippen molar-refractivity contribution in [3.05, 3.63) is 29.8 Å². The molecule has 1 atom stereocenters. The van der Waals surface area contributed by atoms with Crippen molar-refractivity contribution >= 4 is 5.78 Å². The van der Waals surface area contributed by atoms with Gasteiger partial charge in [-0.05, 0) is 26.2 Å². The first-order valence-electron chi connectivity index (χ1n) is 5.10.